The molecule has 5 heteroatoms. The van der Waals surface area contributed by atoms with Gasteiger partial charge in [0.2, 0.25) is 5.91 Å². The number of unbranched alkanes of at least 4 members (excludes halogenated alkanes) is 13. The summed E-state index contributed by atoms with van der Waals surface area (Å²) in [6.07, 6.45) is 19.3. The van der Waals surface area contributed by atoms with Crippen LogP contribution in [0, 0.1) is 0 Å². The summed E-state index contributed by atoms with van der Waals surface area (Å²) in [4.78, 5) is 14.1. The number of aliphatic hydroxyl groups is 2. The molecule has 0 aromatic rings. The van der Waals surface area contributed by atoms with Gasteiger partial charge in [-0.2, -0.15) is 0 Å². The second-order valence-electron chi connectivity index (χ2n) is 8.34. The van der Waals surface area contributed by atoms with Crippen LogP contribution in [0.15, 0.2) is 0 Å². The van der Waals surface area contributed by atoms with Crippen LogP contribution >= 0.6 is 0 Å². The van der Waals surface area contributed by atoms with E-state index in [0.717, 1.165) is 38.8 Å². The van der Waals surface area contributed by atoms with Gasteiger partial charge >= 0.3 is 0 Å². The second-order valence-corrected chi connectivity index (χ2v) is 8.34. The van der Waals surface area contributed by atoms with Gasteiger partial charge in [0.1, 0.15) is 0 Å². The zero-order valence-corrected chi connectivity index (χ0v) is 19.3. The molecule has 1 amide bonds. The molecule has 0 radical (unpaired) electrons. The van der Waals surface area contributed by atoms with E-state index in [1.807, 2.05) is 0 Å². The summed E-state index contributed by atoms with van der Waals surface area (Å²) in [6, 6.07) is 0. The van der Waals surface area contributed by atoms with E-state index in [1.54, 1.807) is 0 Å². The van der Waals surface area contributed by atoms with Gasteiger partial charge in [-0.1, -0.05) is 77.6 Å². The summed E-state index contributed by atoms with van der Waals surface area (Å²) in [5, 5.41) is 21.0. The maximum absolute atomic E-state index is 12.0. The highest BCUT2D eigenvalue weighted by molar-refractivity contribution is 5.75. The molecule has 0 spiro atoms. The lowest BCUT2D eigenvalue weighted by atomic mass is 10.1. The maximum atomic E-state index is 12.0. The number of rotatable bonds is 23. The Morgan fingerprint density at radius 3 is 1.76 bits per heavy atom. The number of nitrogens with zero attached hydrogens (tertiary/aromatic N) is 1. The summed E-state index contributed by atoms with van der Waals surface area (Å²) in [7, 11) is 0. The van der Waals surface area contributed by atoms with E-state index in [2.05, 4.69) is 17.1 Å². The van der Waals surface area contributed by atoms with Crippen LogP contribution in [0.2, 0.25) is 0 Å². The van der Waals surface area contributed by atoms with Gasteiger partial charge in [-0.3, -0.25) is 4.79 Å². The predicted octanol–water partition coefficient (Wildman–Crippen LogP) is 4.65. The minimum absolute atomic E-state index is 0.117. The molecule has 29 heavy (non-hydrogen) atoms. The third-order valence-corrected chi connectivity index (χ3v) is 5.56. The third kappa shape index (κ3) is 21.9. The maximum Gasteiger partial charge on any atom is 0.221 e. The Labute approximate surface area is 180 Å². The Bertz CT molecular complexity index is 340. The van der Waals surface area contributed by atoms with E-state index in [0.29, 0.717) is 19.5 Å². The molecule has 0 fully saturated rings. The van der Waals surface area contributed by atoms with Gasteiger partial charge in [0, 0.05) is 32.7 Å². The SMILES string of the molecule is CCCCCCCCCCCCCCNC(=O)CCN(CCO)CCCCCO. The first-order chi connectivity index (χ1) is 14.2. The molecule has 0 atom stereocenters. The van der Waals surface area contributed by atoms with Gasteiger partial charge in [-0.15, -0.1) is 0 Å². The number of aliphatic hydroxyl groups excluding tert-OH is 2. The highest BCUT2D eigenvalue weighted by atomic mass is 16.3. The molecule has 0 aliphatic heterocycles. The molecule has 5 nitrogen and oxygen atoms in total. The Kier molecular flexibility index (Phi) is 23.1. The molecule has 0 aliphatic rings. The van der Waals surface area contributed by atoms with Gasteiger partial charge in [0.25, 0.3) is 0 Å². The van der Waals surface area contributed by atoms with Crippen LogP contribution in [0.25, 0.3) is 0 Å². The lowest BCUT2D eigenvalue weighted by Crippen LogP contribution is -2.33. The molecular formula is C24H50N2O3. The van der Waals surface area contributed by atoms with Crippen LogP contribution in [-0.2, 0) is 4.79 Å². The molecule has 0 aromatic heterocycles. The monoisotopic (exact) mass is 414 g/mol. The number of hydrogen-bond acceptors (Lipinski definition) is 4. The molecule has 0 heterocycles. The molecule has 0 unspecified atom stereocenters. The van der Waals surface area contributed by atoms with E-state index in [9.17, 15) is 4.79 Å². The van der Waals surface area contributed by atoms with Crippen LogP contribution in [0.5, 0.6) is 0 Å². The van der Waals surface area contributed by atoms with E-state index in [1.165, 1.54) is 70.6 Å². The van der Waals surface area contributed by atoms with Crippen molar-refractivity contribution in [2.24, 2.45) is 0 Å². The molecular weight excluding hydrogens is 364 g/mol. The van der Waals surface area contributed by atoms with Crippen molar-refractivity contribution in [3.05, 3.63) is 0 Å². The number of amides is 1. The average molecular weight is 415 g/mol. The van der Waals surface area contributed by atoms with E-state index < -0.39 is 0 Å². The summed E-state index contributed by atoms with van der Waals surface area (Å²) < 4.78 is 0. The van der Waals surface area contributed by atoms with Gasteiger partial charge in [0.05, 0.1) is 6.61 Å². The predicted molar refractivity (Wildman–Crippen MR) is 123 cm³/mol. The fourth-order valence-electron chi connectivity index (χ4n) is 3.64. The number of carbonyl (C=O) groups excluding carboxylic acids is 1. The van der Waals surface area contributed by atoms with Crippen molar-refractivity contribution in [3.63, 3.8) is 0 Å². The Morgan fingerprint density at radius 1 is 0.655 bits per heavy atom. The van der Waals surface area contributed by atoms with E-state index >= 15 is 0 Å². The van der Waals surface area contributed by atoms with Crippen molar-refractivity contribution in [2.45, 2.75) is 110 Å². The topological polar surface area (TPSA) is 72.8 Å². The number of nitrogens with one attached hydrogen (secondary N) is 1. The third-order valence-electron chi connectivity index (χ3n) is 5.56. The lowest BCUT2D eigenvalue weighted by Gasteiger charge is -2.20. The fraction of sp³-hybridized carbons (Fsp3) is 0.958. The molecule has 0 aromatic carbocycles. The first kappa shape index (κ1) is 28.4. The number of carbonyl (C=O) groups is 1. The van der Waals surface area contributed by atoms with Crippen LogP contribution in [0.1, 0.15) is 110 Å². The van der Waals surface area contributed by atoms with Crippen molar-refractivity contribution in [2.75, 3.05) is 39.4 Å². The van der Waals surface area contributed by atoms with E-state index in [4.69, 9.17) is 10.2 Å². The molecule has 174 valence electrons. The van der Waals surface area contributed by atoms with E-state index in [-0.39, 0.29) is 19.1 Å². The quantitative estimate of drug-likeness (QED) is 0.213. The highest BCUT2D eigenvalue weighted by Gasteiger charge is 2.07. The normalized spacial score (nSPS) is 11.3. The summed E-state index contributed by atoms with van der Waals surface area (Å²) in [5.41, 5.74) is 0. The molecule has 0 rings (SSSR count). The van der Waals surface area contributed by atoms with Crippen molar-refractivity contribution in [1.29, 1.82) is 0 Å². The zero-order chi connectivity index (χ0) is 21.4. The molecule has 0 bridgehead atoms. The Hall–Kier alpha value is -0.650. The second kappa shape index (κ2) is 23.6. The van der Waals surface area contributed by atoms with Gasteiger partial charge in [-0.25, -0.2) is 0 Å². The van der Waals surface area contributed by atoms with Crippen molar-refractivity contribution >= 4 is 5.91 Å². The summed E-state index contributed by atoms with van der Waals surface area (Å²) >= 11 is 0. The zero-order valence-electron chi connectivity index (χ0n) is 19.3. The highest BCUT2D eigenvalue weighted by Crippen LogP contribution is 2.11. The largest absolute Gasteiger partial charge is 0.396 e. The summed E-state index contributed by atoms with van der Waals surface area (Å²) in [5.74, 6) is 0.117. The average Bonchev–Trinajstić information content (AvgIpc) is 2.72. The van der Waals surface area contributed by atoms with Crippen molar-refractivity contribution in [3.8, 4) is 0 Å². The lowest BCUT2D eigenvalue weighted by molar-refractivity contribution is -0.121. The fourth-order valence-corrected chi connectivity index (χ4v) is 3.64. The van der Waals surface area contributed by atoms with Gasteiger partial charge in [-0.05, 0) is 32.2 Å². The molecule has 0 saturated heterocycles. The standard InChI is InChI=1S/C24H50N2O3/c1-2-3-4-5-6-7-8-9-10-11-12-14-18-25-24(29)17-20-26(21-23-28)19-15-13-16-22-27/h27-28H,2-23H2,1H3,(H,25,29). The van der Waals surface area contributed by atoms with Gasteiger partial charge in [0.15, 0.2) is 0 Å². The minimum Gasteiger partial charge on any atom is -0.396 e. The van der Waals surface area contributed by atoms with Crippen LogP contribution < -0.4 is 5.32 Å². The summed E-state index contributed by atoms with van der Waals surface area (Å²) in [6.45, 7) is 5.61. The Morgan fingerprint density at radius 2 is 1.21 bits per heavy atom. The van der Waals surface area contributed by atoms with Crippen molar-refractivity contribution in [1.82, 2.24) is 10.2 Å². The molecule has 0 saturated carbocycles. The van der Waals surface area contributed by atoms with Crippen LogP contribution in [0.3, 0.4) is 0 Å². The minimum atomic E-state index is 0.117. The molecule has 3 N–H and O–H groups in total. The molecule has 0 aliphatic carbocycles. The van der Waals surface area contributed by atoms with Crippen LogP contribution in [0.4, 0.5) is 0 Å². The number of hydrogen-bond donors (Lipinski definition) is 3. The first-order valence-corrected chi connectivity index (χ1v) is 12.4. The van der Waals surface area contributed by atoms with Crippen molar-refractivity contribution < 1.29 is 15.0 Å². The van der Waals surface area contributed by atoms with Gasteiger partial charge < -0.3 is 20.4 Å². The smallest absolute Gasteiger partial charge is 0.221 e. The Balaban J connectivity index is 3.45. The first-order valence-electron chi connectivity index (χ1n) is 12.4. The van der Waals surface area contributed by atoms with Crippen LogP contribution in [-0.4, -0.2) is 60.4 Å².